The SMILES string of the molecule is CC[C@H]1OC(=O)[C@H](C)[C@H]2OCC3COC(C)(C[C@@H](C)C(=O)[C@H](C)[C@@H]4N(C/C3=N/OCCSc3ccccc3)C(=O)OC41C)[C@H](O[C@@H]1O[C@H](C)C[C@H](N(C)C)[C@H]1O)[C@H]2C. The van der Waals surface area contributed by atoms with Gasteiger partial charge in [-0.3, -0.25) is 14.5 Å². The van der Waals surface area contributed by atoms with Gasteiger partial charge in [0.1, 0.15) is 24.6 Å². The molecule has 0 radical (unpaired) electrons. The number of fused-ring (bicyclic) bond motifs is 5. The number of cyclic esters (lactones) is 1. The number of Topliss-reactive ketones (excluding diaryl/α,β-unsaturated/α-hetero) is 1. The van der Waals surface area contributed by atoms with Crippen LogP contribution in [0.4, 0.5) is 4.79 Å². The predicted molar refractivity (Wildman–Crippen MR) is 217 cm³/mol. The maximum atomic E-state index is 14.8. The first-order chi connectivity index (χ1) is 27.5. The second-order valence-corrected chi connectivity index (χ2v) is 18.9. The highest BCUT2D eigenvalue weighted by Gasteiger charge is 2.61. The van der Waals surface area contributed by atoms with Gasteiger partial charge in [-0.1, -0.05) is 51.0 Å². The van der Waals surface area contributed by atoms with E-state index in [0.29, 0.717) is 24.3 Å². The van der Waals surface area contributed by atoms with E-state index in [1.54, 1.807) is 30.5 Å². The third-order valence-electron chi connectivity index (χ3n) is 13.1. The number of esters is 1. The molecule has 1 aromatic rings. The Morgan fingerprint density at radius 3 is 2.45 bits per heavy atom. The summed E-state index contributed by atoms with van der Waals surface area (Å²) in [6, 6.07) is 8.97. The minimum Gasteiger partial charge on any atom is -0.458 e. The van der Waals surface area contributed by atoms with Crippen LogP contribution in [0.2, 0.25) is 0 Å². The van der Waals surface area contributed by atoms with E-state index >= 15 is 0 Å². The third-order valence-corrected chi connectivity index (χ3v) is 14.1. The molecule has 5 aliphatic heterocycles. The van der Waals surface area contributed by atoms with Gasteiger partial charge < -0.3 is 43.3 Å². The Kier molecular flexibility index (Phi) is 14.2. The molecule has 5 fully saturated rings. The quantitative estimate of drug-likeness (QED) is 0.151. The zero-order chi connectivity index (χ0) is 42.1. The van der Waals surface area contributed by atoms with E-state index in [4.69, 9.17) is 38.4 Å². The fourth-order valence-corrected chi connectivity index (χ4v) is 10.8. The number of hydrogen-bond acceptors (Lipinski definition) is 14. The Labute approximate surface area is 347 Å². The number of nitrogens with zero attached hydrogens (tertiary/aromatic N) is 3. The summed E-state index contributed by atoms with van der Waals surface area (Å²) in [5, 5.41) is 16.4. The number of likely N-dealkylation sites (N-methyl/N-ethyl adjacent to an activating group) is 1. The highest BCUT2D eigenvalue weighted by Crippen LogP contribution is 2.45. The van der Waals surface area contributed by atoms with Gasteiger partial charge in [0.2, 0.25) is 0 Å². The molecule has 324 valence electrons. The zero-order valence-corrected chi connectivity index (χ0v) is 36.6. The molecule has 58 heavy (non-hydrogen) atoms. The summed E-state index contributed by atoms with van der Waals surface area (Å²) >= 11 is 1.64. The molecular formula is C43H65N3O11S. The van der Waals surface area contributed by atoms with Gasteiger partial charge in [-0.2, -0.15) is 0 Å². The van der Waals surface area contributed by atoms with Gasteiger partial charge in [-0.25, -0.2) is 4.79 Å². The Hall–Kier alpha value is -2.79. The van der Waals surface area contributed by atoms with Crippen molar-refractivity contribution in [3.8, 4) is 0 Å². The van der Waals surface area contributed by atoms with E-state index in [-0.39, 0.29) is 50.7 Å². The highest BCUT2D eigenvalue weighted by atomic mass is 32.2. The van der Waals surface area contributed by atoms with E-state index in [1.165, 1.54) is 0 Å². The molecule has 1 aromatic carbocycles. The van der Waals surface area contributed by atoms with Crippen molar-refractivity contribution in [2.75, 3.05) is 46.2 Å². The van der Waals surface area contributed by atoms with Gasteiger partial charge in [0.25, 0.3) is 0 Å². The lowest BCUT2D eigenvalue weighted by molar-refractivity contribution is -0.302. The Balaban J connectivity index is 1.47. The third kappa shape index (κ3) is 9.11. The van der Waals surface area contributed by atoms with Crippen LogP contribution in [-0.4, -0.2) is 145 Å². The number of benzene rings is 1. The summed E-state index contributed by atoms with van der Waals surface area (Å²) in [7, 11) is 3.84. The van der Waals surface area contributed by atoms with Crippen molar-refractivity contribution in [3.63, 3.8) is 0 Å². The summed E-state index contributed by atoms with van der Waals surface area (Å²) in [5.41, 5.74) is -2.05. The lowest BCUT2D eigenvalue weighted by Crippen LogP contribution is -2.61. The Bertz CT molecular complexity index is 1640. The molecule has 14 nitrogen and oxygen atoms in total. The van der Waals surface area contributed by atoms with Crippen LogP contribution < -0.4 is 0 Å². The minimum atomic E-state index is -1.37. The minimum absolute atomic E-state index is 0.0307. The highest BCUT2D eigenvalue weighted by molar-refractivity contribution is 7.99. The molecule has 0 saturated carbocycles. The van der Waals surface area contributed by atoms with Crippen LogP contribution in [0.1, 0.15) is 74.7 Å². The maximum absolute atomic E-state index is 14.8. The summed E-state index contributed by atoms with van der Waals surface area (Å²) in [4.78, 5) is 54.0. The number of carbonyl (C=O) groups is 3. The van der Waals surface area contributed by atoms with Crippen LogP contribution in [0.5, 0.6) is 0 Å². The van der Waals surface area contributed by atoms with Crippen LogP contribution in [0.25, 0.3) is 0 Å². The molecule has 6 bridgehead atoms. The van der Waals surface area contributed by atoms with Crippen molar-refractivity contribution in [2.24, 2.45) is 34.7 Å². The van der Waals surface area contributed by atoms with Crippen LogP contribution >= 0.6 is 11.8 Å². The molecule has 1 N–H and O–H groups in total. The number of oxime groups is 1. The number of aliphatic hydroxyl groups excluding tert-OH is 1. The molecule has 5 heterocycles. The monoisotopic (exact) mass is 831 g/mol. The molecular weight excluding hydrogens is 767 g/mol. The van der Waals surface area contributed by atoms with E-state index in [2.05, 4.69) is 0 Å². The molecule has 0 spiro atoms. The molecule has 1 amide bonds. The summed E-state index contributed by atoms with van der Waals surface area (Å²) in [5.74, 6) is -3.21. The van der Waals surface area contributed by atoms with Crippen LogP contribution in [-0.2, 0) is 42.8 Å². The van der Waals surface area contributed by atoms with Gasteiger partial charge in [0, 0.05) is 40.4 Å². The second-order valence-electron chi connectivity index (χ2n) is 17.7. The lowest BCUT2D eigenvalue weighted by Gasteiger charge is -2.48. The molecule has 5 saturated heterocycles. The van der Waals surface area contributed by atoms with Crippen LogP contribution in [0.15, 0.2) is 40.4 Å². The van der Waals surface area contributed by atoms with E-state index in [1.807, 2.05) is 90.9 Å². The van der Waals surface area contributed by atoms with Crippen molar-refractivity contribution < 1.29 is 52.7 Å². The molecule has 5 aliphatic rings. The van der Waals surface area contributed by atoms with Crippen molar-refractivity contribution in [2.45, 2.75) is 140 Å². The van der Waals surface area contributed by atoms with Crippen LogP contribution in [0.3, 0.4) is 0 Å². The standard InChI is InChI=1S/C43H65N3O11S/c1-11-33-43(8)37-26(4)34(47)24(2)20-42(7)38(56-40-35(48)32(45(9)10)19-25(3)54-40)27(5)36(28(6)39(49)55-33)51-22-29(23-52-42)31(21-46(37)41(50)57-43)44-53-17-18-58-30-15-13-12-14-16-30/h12-16,24-29,32-33,35-38,40,48H,11,17-23H2,1-10H3/b44-31-/t24-,25-,26+,27+,28-,29?,32+,33-,35-,36+,37+,38-,40+,42?,43?/m1/s1. The van der Waals surface area contributed by atoms with E-state index in [0.717, 1.165) is 4.90 Å². The molecule has 0 aromatic heterocycles. The number of thioether (sulfide) groups is 1. The zero-order valence-electron chi connectivity index (χ0n) is 35.8. The molecule has 3 unspecified atom stereocenters. The Morgan fingerprint density at radius 1 is 1.03 bits per heavy atom. The van der Waals surface area contributed by atoms with Gasteiger partial charge in [0.05, 0.1) is 61.3 Å². The van der Waals surface area contributed by atoms with Crippen molar-refractivity contribution in [1.82, 2.24) is 9.80 Å². The predicted octanol–water partition coefficient (Wildman–Crippen LogP) is 5.18. The largest absolute Gasteiger partial charge is 0.458 e. The average Bonchev–Trinajstić information content (AvgIpc) is 3.46. The molecule has 6 rings (SSSR count). The molecule has 15 heteroatoms. The smallest absolute Gasteiger partial charge is 0.411 e. The fraction of sp³-hybridized carbons (Fsp3) is 0.767. The number of aliphatic hydroxyl groups is 1. The van der Waals surface area contributed by atoms with Crippen LogP contribution in [0, 0.1) is 29.6 Å². The lowest BCUT2D eigenvalue weighted by atomic mass is 9.73. The van der Waals surface area contributed by atoms with E-state index < -0.39 is 89.6 Å². The first kappa shape index (κ1) is 44.8. The number of amides is 1. The summed E-state index contributed by atoms with van der Waals surface area (Å²) in [6.45, 7) is 15.4. The number of ether oxygens (including phenoxy) is 6. The van der Waals surface area contributed by atoms with Gasteiger partial charge in [-0.15, -0.1) is 11.8 Å². The molecule has 15 atom stereocenters. The fourth-order valence-electron chi connectivity index (χ4n) is 10.0. The van der Waals surface area contributed by atoms with Crippen molar-refractivity contribution in [3.05, 3.63) is 30.3 Å². The number of hydrogen-bond donors (Lipinski definition) is 1. The topological polar surface area (TPSA) is 155 Å². The second kappa shape index (κ2) is 18.4. The summed E-state index contributed by atoms with van der Waals surface area (Å²) < 4.78 is 39.8. The van der Waals surface area contributed by atoms with E-state index in [9.17, 15) is 19.5 Å². The first-order valence-electron chi connectivity index (χ1n) is 21.0. The van der Waals surface area contributed by atoms with Crippen molar-refractivity contribution >= 4 is 35.3 Å². The number of rotatable bonds is 9. The number of carbonyl (C=O) groups excluding carboxylic acids is 3. The van der Waals surface area contributed by atoms with Gasteiger partial charge in [-0.05, 0) is 73.2 Å². The first-order valence-corrected chi connectivity index (χ1v) is 22.0. The Morgan fingerprint density at radius 2 is 1.76 bits per heavy atom. The normalized spacial score (nSPS) is 42.0. The summed E-state index contributed by atoms with van der Waals surface area (Å²) in [6.07, 6.45) is -4.19. The molecule has 0 aliphatic carbocycles. The van der Waals surface area contributed by atoms with Gasteiger partial charge >= 0.3 is 12.1 Å². The maximum Gasteiger partial charge on any atom is 0.411 e. The average molecular weight is 832 g/mol. The van der Waals surface area contributed by atoms with Crippen molar-refractivity contribution in [1.29, 1.82) is 0 Å². The van der Waals surface area contributed by atoms with Gasteiger partial charge in [0.15, 0.2) is 11.9 Å². The number of ketones is 1.